The fourth-order valence-corrected chi connectivity index (χ4v) is 5.02. The van der Waals surface area contributed by atoms with E-state index in [1.54, 1.807) is 12.1 Å². The van der Waals surface area contributed by atoms with E-state index in [1.165, 1.54) is 0 Å². The van der Waals surface area contributed by atoms with Gasteiger partial charge in [0.2, 0.25) is 10.0 Å². The van der Waals surface area contributed by atoms with Crippen molar-refractivity contribution >= 4 is 20.8 Å². The van der Waals surface area contributed by atoms with Crippen molar-refractivity contribution < 1.29 is 13.2 Å². The fraction of sp³-hybridized carbons (Fsp3) is 0.444. The van der Waals surface area contributed by atoms with Gasteiger partial charge in [0, 0.05) is 25.2 Å². The first kappa shape index (κ1) is 16.0. The highest BCUT2D eigenvalue weighted by Gasteiger charge is 2.37. The number of ether oxygens (including phenoxy) is 1. The average molecular weight is 346 g/mol. The van der Waals surface area contributed by atoms with Crippen LogP contribution in [0, 0.1) is 0 Å². The van der Waals surface area contributed by atoms with E-state index in [-0.39, 0.29) is 12.1 Å². The van der Waals surface area contributed by atoms with Crippen molar-refractivity contribution in [1.82, 2.24) is 9.62 Å². The fourth-order valence-electron chi connectivity index (χ4n) is 3.75. The minimum atomic E-state index is -3.51. The zero-order valence-electron chi connectivity index (χ0n) is 13.7. The van der Waals surface area contributed by atoms with E-state index < -0.39 is 10.0 Å². The Labute approximate surface area is 142 Å². The molecule has 128 valence electrons. The second-order valence-corrected chi connectivity index (χ2v) is 8.53. The van der Waals surface area contributed by atoms with Gasteiger partial charge in [0.15, 0.2) is 0 Å². The maximum absolute atomic E-state index is 12.7. The van der Waals surface area contributed by atoms with Gasteiger partial charge in [0.25, 0.3) is 0 Å². The molecule has 0 aromatic heterocycles. The monoisotopic (exact) mass is 346 g/mol. The number of benzene rings is 2. The number of morpholine rings is 1. The number of hydrogen-bond donors (Lipinski definition) is 1. The van der Waals surface area contributed by atoms with Gasteiger partial charge in [-0.15, -0.1) is 0 Å². The van der Waals surface area contributed by atoms with E-state index >= 15 is 0 Å². The van der Waals surface area contributed by atoms with Crippen LogP contribution in [0.2, 0.25) is 0 Å². The molecular formula is C18H22N2O3S. The third-order valence-corrected chi connectivity index (χ3v) is 6.46. The summed E-state index contributed by atoms with van der Waals surface area (Å²) in [7, 11) is -3.51. The lowest BCUT2D eigenvalue weighted by atomic mass is 10.1. The summed E-state index contributed by atoms with van der Waals surface area (Å²) in [5, 5.41) is 1.98. The normalized spacial score (nSPS) is 28.1. The molecule has 0 bridgehead atoms. The highest BCUT2D eigenvalue weighted by Crippen LogP contribution is 2.25. The molecule has 0 radical (unpaired) electrons. The molecule has 2 aliphatic rings. The summed E-state index contributed by atoms with van der Waals surface area (Å²) < 4.78 is 34.0. The molecule has 0 aliphatic carbocycles. The molecule has 0 amide bonds. The Morgan fingerprint density at radius 2 is 1.92 bits per heavy atom. The predicted molar refractivity (Wildman–Crippen MR) is 93.4 cm³/mol. The third-order valence-electron chi connectivity index (χ3n) is 4.95. The molecule has 2 heterocycles. The Bertz CT molecular complexity index is 852. The minimum Gasteiger partial charge on any atom is -0.376 e. The molecule has 2 aromatic carbocycles. The Hall–Kier alpha value is -1.47. The third kappa shape index (κ3) is 3.07. The minimum absolute atomic E-state index is 0.0552. The van der Waals surface area contributed by atoms with Crippen LogP contribution in [-0.2, 0) is 14.8 Å². The van der Waals surface area contributed by atoms with Crippen molar-refractivity contribution in [2.45, 2.75) is 36.4 Å². The number of hydrogen-bond acceptors (Lipinski definition) is 4. The van der Waals surface area contributed by atoms with Gasteiger partial charge >= 0.3 is 0 Å². The largest absolute Gasteiger partial charge is 0.376 e. The van der Waals surface area contributed by atoms with Crippen LogP contribution in [0.15, 0.2) is 47.4 Å². The molecule has 5 nitrogen and oxygen atoms in total. The summed E-state index contributed by atoms with van der Waals surface area (Å²) in [6.45, 7) is 4.38. The molecule has 4 rings (SSSR count). The van der Waals surface area contributed by atoms with Crippen molar-refractivity contribution in [2.24, 2.45) is 0 Å². The van der Waals surface area contributed by atoms with Crippen LogP contribution in [-0.4, -0.2) is 51.2 Å². The molecule has 6 heteroatoms. The van der Waals surface area contributed by atoms with Crippen molar-refractivity contribution in [1.29, 1.82) is 0 Å². The van der Waals surface area contributed by atoms with Crippen LogP contribution in [0.5, 0.6) is 0 Å². The number of fused-ring (bicyclic) bond motifs is 2. The van der Waals surface area contributed by atoms with Crippen molar-refractivity contribution in [3.05, 3.63) is 42.5 Å². The van der Waals surface area contributed by atoms with Gasteiger partial charge < -0.3 is 4.74 Å². The number of sulfonamides is 1. The van der Waals surface area contributed by atoms with Crippen LogP contribution in [0.3, 0.4) is 0 Å². The van der Waals surface area contributed by atoms with E-state index in [2.05, 4.69) is 16.5 Å². The van der Waals surface area contributed by atoms with Crippen molar-refractivity contribution in [3.8, 4) is 0 Å². The summed E-state index contributed by atoms with van der Waals surface area (Å²) in [5.41, 5.74) is 0. The summed E-state index contributed by atoms with van der Waals surface area (Å²) in [6, 6.07) is 13.3. The van der Waals surface area contributed by atoms with Gasteiger partial charge in [-0.25, -0.2) is 13.1 Å². The van der Waals surface area contributed by atoms with Gasteiger partial charge in [-0.05, 0) is 36.2 Å². The summed E-state index contributed by atoms with van der Waals surface area (Å²) in [5.74, 6) is 0. The highest BCUT2D eigenvalue weighted by atomic mass is 32.2. The van der Waals surface area contributed by atoms with Gasteiger partial charge in [-0.2, -0.15) is 0 Å². The average Bonchev–Trinajstić information content (AvgIpc) is 2.94. The molecular weight excluding hydrogens is 324 g/mol. The van der Waals surface area contributed by atoms with Gasteiger partial charge in [-0.3, -0.25) is 4.90 Å². The molecule has 1 N–H and O–H groups in total. The van der Waals surface area contributed by atoms with Crippen LogP contribution < -0.4 is 4.72 Å². The Kier molecular flexibility index (Phi) is 4.08. The topological polar surface area (TPSA) is 58.6 Å². The molecule has 24 heavy (non-hydrogen) atoms. The van der Waals surface area contributed by atoms with E-state index in [9.17, 15) is 8.42 Å². The van der Waals surface area contributed by atoms with Gasteiger partial charge in [0.1, 0.15) is 0 Å². The lowest BCUT2D eigenvalue weighted by Gasteiger charge is -2.33. The standard InChI is InChI=1S/C18H22N2O3S/c1-13-10-20-11-16(9-17(20)12-23-13)19-24(21,22)18-7-6-14-4-2-3-5-15(14)8-18/h2-8,13,16-17,19H,9-12H2,1H3/t13-,16-,17-/m0/s1. The van der Waals surface area contributed by atoms with E-state index in [0.29, 0.717) is 17.5 Å². The highest BCUT2D eigenvalue weighted by molar-refractivity contribution is 7.89. The van der Waals surface area contributed by atoms with Crippen molar-refractivity contribution in [3.63, 3.8) is 0 Å². The number of rotatable bonds is 3. The first-order chi connectivity index (χ1) is 11.5. The predicted octanol–water partition coefficient (Wildman–Crippen LogP) is 1.98. The first-order valence-corrected chi connectivity index (χ1v) is 9.86. The molecule has 3 atom stereocenters. The molecule has 2 aromatic rings. The van der Waals surface area contributed by atoms with E-state index in [4.69, 9.17) is 4.74 Å². The molecule has 0 spiro atoms. The Morgan fingerprint density at radius 3 is 2.75 bits per heavy atom. The number of nitrogens with one attached hydrogen (secondary N) is 1. The lowest BCUT2D eigenvalue weighted by molar-refractivity contribution is -0.0390. The van der Waals surface area contributed by atoms with Crippen LogP contribution in [0.1, 0.15) is 13.3 Å². The molecule has 0 saturated carbocycles. The lowest BCUT2D eigenvalue weighted by Crippen LogP contribution is -2.45. The first-order valence-electron chi connectivity index (χ1n) is 8.38. The Morgan fingerprint density at radius 1 is 1.12 bits per heavy atom. The van der Waals surface area contributed by atoms with E-state index in [0.717, 1.165) is 30.3 Å². The molecule has 2 saturated heterocycles. The summed E-state index contributed by atoms with van der Waals surface area (Å²) >= 11 is 0. The molecule has 2 aliphatic heterocycles. The summed E-state index contributed by atoms with van der Waals surface area (Å²) in [6.07, 6.45) is 1.02. The smallest absolute Gasteiger partial charge is 0.240 e. The number of nitrogens with zero attached hydrogens (tertiary/aromatic N) is 1. The second-order valence-electron chi connectivity index (χ2n) is 6.81. The molecule has 0 unspecified atom stereocenters. The SMILES string of the molecule is C[C@H]1CN2C[C@@H](NS(=O)(=O)c3ccc4ccccc4c3)C[C@H]2CO1. The zero-order chi connectivity index (χ0) is 16.7. The van der Waals surface area contributed by atoms with Crippen molar-refractivity contribution in [2.75, 3.05) is 19.7 Å². The zero-order valence-corrected chi connectivity index (χ0v) is 14.5. The molecule has 2 fully saturated rings. The maximum Gasteiger partial charge on any atom is 0.240 e. The summed E-state index contributed by atoms with van der Waals surface area (Å²) in [4.78, 5) is 2.66. The Balaban J connectivity index is 1.52. The van der Waals surface area contributed by atoms with E-state index in [1.807, 2.05) is 30.3 Å². The van der Waals surface area contributed by atoms with Gasteiger partial charge in [0.05, 0.1) is 17.6 Å². The maximum atomic E-state index is 12.7. The van der Waals surface area contributed by atoms with Crippen LogP contribution in [0.4, 0.5) is 0 Å². The van der Waals surface area contributed by atoms with Crippen LogP contribution >= 0.6 is 0 Å². The van der Waals surface area contributed by atoms with Crippen LogP contribution in [0.25, 0.3) is 10.8 Å². The second kappa shape index (κ2) is 6.11. The quantitative estimate of drug-likeness (QED) is 0.923. The van der Waals surface area contributed by atoms with Gasteiger partial charge in [-0.1, -0.05) is 30.3 Å².